The second-order valence-electron chi connectivity index (χ2n) is 6.75. The molecule has 0 aliphatic rings. The Bertz CT molecular complexity index is 1250. The van der Waals surface area contributed by atoms with Crippen molar-refractivity contribution in [1.82, 2.24) is 14.7 Å². The van der Waals surface area contributed by atoms with E-state index >= 15 is 0 Å². The van der Waals surface area contributed by atoms with Crippen molar-refractivity contribution in [2.75, 3.05) is 7.11 Å². The van der Waals surface area contributed by atoms with Gasteiger partial charge in [-0.15, -0.1) is 17.9 Å². The van der Waals surface area contributed by atoms with Crippen LogP contribution in [-0.2, 0) is 12.3 Å². The van der Waals surface area contributed by atoms with Crippen molar-refractivity contribution in [3.63, 3.8) is 0 Å². The molecule has 4 aromatic rings. The second-order valence-corrected chi connectivity index (χ2v) is 8.55. The molecular formula is C22H21N3O3S2. The minimum atomic E-state index is -0.0618. The number of aromatic nitrogens is 3. The molecule has 0 bridgehead atoms. The summed E-state index contributed by atoms with van der Waals surface area (Å²) in [6, 6.07) is 7.69. The average Bonchev–Trinajstić information content (AvgIpc) is 3.32. The third-order valence-electron chi connectivity index (χ3n) is 4.90. The van der Waals surface area contributed by atoms with Gasteiger partial charge in [0.05, 0.1) is 18.2 Å². The number of aryl methyl sites for hydroxylation is 2. The van der Waals surface area contributed by atoms with E-state index < -0.39 is 0 Å². The molecule has 0 spiro atoms. The van der Waals surface area contributed by atoms with E-state index in [0.29, 0.717) is 22.8 Å². The molecule has 154 valence electrons. The number of benzene rings is 1. The van der Waals surface area contributed by atoms with Crippen LogP contribution in [-0.4, -0.2) is 21.8 Å². The summed E-state index contributed by atoms with van der Waals surface area (Å²) in [5.74, 6) is 2.20. The Morgan fingerprint density at radius 1 is 1.30 bits per heavy atom. The molecule has 0 fully saturated rings. The number of nitrogens with zero attached hydrogens (tertiary/aromatic N) is 3. The van der Waals surface area contributed by atoms with Crippen molar-refractivity contribution in [2.24, 2.45) is 0 Å². The molecule has 0 saturated carbocycles. The number of thioether (sulfide) groups is 1. The van der Waals surface area contributed by atoms with E-state index in [0.717, 1.165) is 38.7 Å². The molecule has 8 heteroatoms. The number of hydrogen-bond donors (Lipinski definition) is 0. The topological polar surface area (TPSA) is 70.2 Å². The van der Waals surface area contributed by atoms with E-state index in [1.165, 1.54) is 23.1 Å². The molecule has 0 aliphatic heterocycles. The van der Waals surface area contributed by atoms with E-state index in [2.05, 4.69) is 11.7 Å². The van der Waals surface area contributed by atoms with Crippen LogP contribution >= 0.6 is 23.1 Å². The van der Waals surface area contributed by atoms with Crippen LogP contribution in [0.5, 0.6) is 5.75 Å². The van der Waals surface area contributed by atoms with Crippen LogP contribution in [0.25, 0.3) is 21.3 Å². The fraction of sp³-hybridized carbons (Fsp3) is 0.227. The molecule has 0 saturated heterocycles. The Hall–Kier alpha value is -2.84. The van der Waals surface area contributed by atoms with Gasteiger partial charge >= 0.3 is 0 Å². The SMILES string of the molecule is C=CCn1c(SCc2c(C)noc2C)nc2scc(-c3ccc(OC)cc3)c2c1=O. The number of fused-ring (bicyclic) bond motifs is 1. The lowest BCUT2D eigenvalue weighted by Gasteiger charge is -2.11. The minimum Gasteiger partial charge on any atom is -0.497 e. The van der Waals surface area contributed by atoms with Gasteiger partial charge in [0, 0.05) is 28.8 Å². The summed E-state index contributed by atoms with van der Waals surface area (Å²) in [6.45, 7) is 8.01. The van der Waals surface area contributed by atoms with Crippen molar-refractivity contribution >= 4 is 33.3 Å². The highest BCUT2D eigenvalue weighted by Gasteiger charge is 2.18. The van der Waals surface area contributed by atoms with Gasteiger partial charge < -0.3 is 9.26 Å². The van der Waals surface area contributed by atoms with Crippen molar-refractivity contribution in [1.29, 1.82) is 0 Å². The molecule has 3 heterocycles. The normalized spacial score (nSPS) is 11.2. The highest BCUT2D eigenvalue weighted by molar-refractivity contribution is 7.98. The van der Waals surface area contributed by atoms with E-state index in [1.54, 1.807) is 17.8 Å². The molecule has 0 unspecified atom stereocenters. The third-order valence-corrected chi connectivity index (χ3v) is 6.77. The van der Waals surface area contributed by atoms with E-state index in [4.69, 9.17) is 14.2 Å². The molecule has 0 aliphatic carbocycles. The lowest BCUT2D eigenvalue weighted by atomic mass is 10.1. The molecule has 4 rings (SSSR count). The molecule has 0 N–H and O–H groups in total. The molecular weight excluding hydrogens is 418 g/mol. The van der Waals surface area contributed by atoms with Gasteiger partial charge in [0.2, 0.25) is 0 Å². The lowest BCUT2D eigenvalue weighted by Crippen LogP contribution is -2.22. The predicted molar refractivity (Wildman–Crippen MR) is 122 cm³/mol. The van der Waals surface area contributed by atoms with Crippen LogP contribution < -0.4 is 10.3 Å². The fourth-order valence-electron chi connectivity index (χ4n) is 3.23. The zero-order valence-corrected chi connectivity index (χ0v) is 18.6. The van der Waals surface area contributed by atoms with Crippen molar-refractivity contribution in [3.05, 3.63) is 69.7 Å². The number of ether oxygens (including phenoxy) is 1. The summed E-state index contributed by atoms with van der Waals surface area (Å²) in [4.78, 5) is 19.0. The highest BCUT2D eigenvalue weighted by atomic mass is 32.2. The first-order valence-electron chi connectivity index (χ1n) is 9.35. The molecule has 0 radical (unpaired) electrons. The number of hydrogen-bond acceptors (Lipinski definition) is 7. The number of thiophene rings is 1. The molecule has 1 aromatic carbocycles. The van der Waals surface area contributed by atoms with Gasteiger partial charge in [-0.25, -0.2) is 4.98 Å². The molecule has 0 atom stereocenters. The van der Waals surface area contributed by atoms with Gasteiger partial charge in [-0.3, -0.25) is 9.36 Å². The molecule has 0 amide bonds. The van der Waals surface area contributed by atoms with E-state index in [9.17, 15) is 4.79 Å². The summed E-state index contributed by atoms with van der Waals surface area (Å²) >= 11 is 2.98. The minimum absolute atomic E-state index is 0.0618. The van der Waals surface area contributed by atoms with Crippen molar-refractivity contribution in [3.8, 4) is 16.9 Å². The standard InChI is InChI=1S/C22H21N3O3S2/c1-5-10-25-21(26)19-18(15-6-8-16(27-4)9-7-15)12-29-20(19)23-22(25)30-11-17-13(2)24-28-14(17)3/h5-9,12H,1,10-11H2,2-4H3. The van der Waals surface area contributed by atoms with Crippen molar-refractivity contribution < 1.29 is 9.26 Å². The Morgan fingerprint density at radius 3 is 2.70 bits per heavy atom. The Balaban J connectivity index is 1.78. The zero-order valence-electron chi connectivity index (χ0n) is 17.0. The van der Waals surface area contributed by atoms with Crippen LogP contribution in [0.15, 0.2) is 56.8 Å². The maximum atomic E-state index is 13.4. The Labute approximate surface area is 182 Å². The largest absolute Gasteiger partial charge is 0.497 e. The van der Waals surface area contributed by atoms with E-state index in [1.807, 2.05) is 43.5 Å². The van der Waals surface area contributed by atoms with Crippen LogP contribution in [0.2, 0.25) is 0 Å². The summed E-state index contributed by atoms with van der Waals surface area (Å²) in [5, 5.41) is 7.29. The molecule has 3 aromatic heterocycles. The molecule has 30 heavy (non-hydrogen) atoms. The first kappa shape index (κ1) is 20.4. The number of rotatable bonds is 7. The van der Waals surface area contributed by atoms with Crippen LogP contribution in [0.3, 0.4) is 0 Å². The van der Waals surface area contributed by atoms with Gasteiger partial charge in [-0.05, 0) is 31.5 Å². The predicted octanol–water partition coefficient (Wildman–Crippen LogP) is 5.22. The summed E-state index contributed by atoms with van der Waals surface area (Å²) in [6.07, 6.45) is 1.72. The summed E-state index contributed by atoms with van der Waals surface area (Å²) in [5.41, 5.74) is 3.67. The van der Waals surface area contributed by atoms with Gasteiger partial charge in [-0.1, -0.05) is 35.1 Å². The van der Waals surface area contributed by atoms with Crippen LogP contribution in [0.4, 0.5) is 0 Å². The monoisotopic (exact) mass is 439 g/mol. The fourth-order valence-corrected chi connectivity index (χ4v) is 5.38. The first-order valence-corrected chi connectivity index (χ1v) is 11.2. The van der Waals surface area contributed by atoms with Crippen LogP contribution in [0.1, 0.15) is 17.0 Å². The van der Waals surface area contributed by atoms with Gasteiger partial charge in [0.25, 0.3) is 5.56 Å². The molecule has 6 nitrogen and oxygen atoms in total. The maximum Gasteiger partial charge on any atom is 0.263 e. The van der Waals surface area contributed by atoms with Gasteiger partial charge in [0.15, 0.2) is 5.16 Å². The Morgan fingerprint density at radius 2 is 2.07 bits per heavy atom. The summed E-state index contributed by atoms with van der Waals surface area (Å²) in [7, 11) is 1.63. The Kier molecular flexibility index (Phi) is 5.78. The quantitative estimate of drug-likeness (QED) is 0.223. The van der Waals surface area contributed by atoms with Crippen molar-refractivity contribution in [2.45, 2.75) is 31.3 Å². The zero-order chi connectivity index (χ0) is 21.3. The third kappa shape index (κ3) is 3.68. The second kappa shape index (κ2) is 8.49. The van der Waals surface area contributed by atoms with Gasteiger partial charge in [0.1, 0.15) is 16.3 Å². The van der Waals surface area contributed by atoms with Crippen LogP contribution in [0, 0.1) is 13.8 Å². The highest BCUT2D eigenvalue weighted by Crippen LogP contribution is 2.34. The number of allylic oxidation sites excluding steroid dienone is 1. The maximum absolute atomic E-state index is 13.4. The van der Waals surface area contributed by atoms with Gasteiger partial charge in [-0.2, -0.15) is 0 Å². The lowest BCUT2D eigenvalue weighted by molar-refractivity contribution is 0.392. The number of methoxy groups -OCH3 is 1. The first-order chi connectivity index (χ1) is 14.5. The average molecular weight is 440 g/mol. The summed E-state index contributed by atoms with van der Waals surface area (Å²) < 4.78 is 12.2. The smallest absolute Gasteiger partial charge is 0.263 e. The van der Waals surface area contributed by atoms with E-state index in [-0.39, 0.29) is 5.56 Å².